The third-order valence-corrected chi connectivity index (χ3v) is 3.24. The van der Waals surface area contributed by atoms with Crippen molar-refractivity contribution in [3.05, 3.63) is 0 Å². The molecule has 0 N–H and O–H groups in total. The van der Waals surface area contributed by atoms with Crippen molar-refractivity contribution in [2.24, 2.45) is 11.8 Å². The molecule has 64 valence electrons. The molecule has 2 nitrogen and oxygen atoms in total. The van der Waals surface area contributed by atoms with Crippen molar-refractivity contribution < 1.29 is 4.74 Å². The first-order chi connectivity index (χ1) is 5.35. The second-order valence-corrected chi connectivity index (χ2v) is 3.81. The van der Waals surface area contributed by atoms with E-state index in [9.17, 15) is 0 Å². The number of hydrogen-bond donors (Lipinski definition) is 0. The highest BCUT2D eigenvalue weighted by atomic mass is 16.5. The van der Waals surface area contributed by atoms with Crippen LogP contribution in [0.1, 0.15) is 13.3 Å². The van der Waals surface area contributed by atoms with Crippen LogP contribution < -0.4 is 0 Å². The molecule has 0 aromatic heterocycles. The SMILES string of the molecule is CCN1CC2CC(C1)C2OC. The van der Waals surface area contributed by atoms with Gasteiger partial charge in [-0.2, -0.15) is 0 Å². The fourth-order valence-corrected chi connectivity index (χ4v) is 2.58. The van der Waals surface area contributed by atoms with E-state index in [1.807, 2.05) is 7.11 Å². The van der Waals surface area contributed by atoms with E-state index in [0.29, 0.717) is 6.10 Å². The Morgan fingerprint density at radius 2 is 2.00 bits per heavy atom. The molecule has 2 bridgehead atoms. The Kier molecular flexibility index (Phi) is 1.90. The van der Waals surface area contributed by atoms with E-state index in [-0.39, 0.29) is 0 Å². The van der Waals surface area contributed by atoms with Crippen molar-refractivity contribution in [1.82, 2.24) is 4.90 Å². The number of fused-ring (bicyclic) bond motifs is 2. The van der Waals surface area contributed by atoms with E-state index in [1.165, 1.54) is 26.1 Å². The van der Waals surface area contributed by atoms with E-state index < -0.39 is 0 Å². The van der Waals surface area contributed by atoms with Crippen LogP contribution in [-0.4, -0.2) is 37.7 Å². The first-order valence-corrected chi connectivity index (χ1v) is 4.60. The monoisotopic (exact) mass is 155 g/mol. The van der Waals surface area contributed by atoms with Gasteiger partial charge in [-0.25, -0.2) is 0 Å². The molecular formula is C9H17NO. The highest BCUT2D eigenvalue weighted by Gasteiger charge is 2.46. The highest BCUT2D eigenvalue weighted by Crippen LogP contribution is 2.41. The van der Waals surface area contributed by atoms with Gasteiger partial charge in [0.2, 0.25) is 0 Å². The molecule has 0 aromatic rings. The molecule has 2 heteroatoms. The van der Waals surface area contributed by atoms with Crippen LogP contribution in [0.25, 0.3) is 0 Å². The van der Waals surface area contributed by atoms with E-state index in [2.05, 4.69) is 11.8 Å². The lowest BCUT2D eigenvalue weighted by Gasteiger charge is -2.52. The van der Waals surface area contributed by atoms with E-state index in [0.717, 1.165) is 11.8 Å². The molecule has 0 radical (unpaired) electrons. The van der Waals surface area contributed by atoms with Crippen LogP contribution in [0.5, 0.6) is 0 Å². The average Bonchev–Trinajstić information content (AvgIpc) is 2.05. The van der Waals surface area contributed by atoms with Crippen LogP contribution in [0, 0.1) is 11.8 Å². The van der Waals surface area contributed by atoms with Crippen molar-refractivity contribution in [3.63, 3.8) is 0 Å². The van der Waals surface area contributed by atoms with Gasteiger partial charge < -0.3 is 9.64 Å². The predicted molar refractivity (Wildman–Crippen MR) is 44.5 cm³/mol. The lowest BCUT2D eigenvalue weighted by atomic mass is 9.68. The van der Waals surface area contributed by atoms with Gasteiger partial charge in [0, 0.05) is 20.2 Å². The van der Waals surface area contributed by atoms with Crippen LogP contribution >= 0.6 is 0 Å². The Labute approximate surface area is 68.5 Å². The molecule has 2 heterocycles. The smallest absolute Gasteiger partial charge is 0.0652 e. The predicted octanol–water partition coefficient (Wildman–Crippen LogP) is 0.973. The van der Waals surface area contributed by atoms with Crippen LogP contribution in [0.4, 0.5) is 0 Å². The Hall–Kier alpha value is -0.0800. The minimum absolute atomic E-state index is 0.595. The van der Waals surface area contributed by atoms with Crippen molar-refractivity contribution in [3.8, 4) is 0 Å². The fourth-order valence-electron chi connectivity index (χ4n) is 2.58. The molecule has 2 saturated heterocycles. The summed E-state index contributed by atoms with van der Waals surface area (Å²) in [5, 5.41) is 0. The third-order valence-electron chi connectivity index (χ3n) is 3.24. The van der Waals surface area contributed by atoms with Crippen molar-refractivity contribution in [2.45, 2.75) is 19.4 Å². The molecule has 2 unspecified atom stereocenters. The van der Waals surface area contributed by atoms with Gasteiger partial charge in [0.1, 0.15) is 0 Å². The molecule has 2 aliphatic heterocycles. The minimum atomic E-state index is 0.595. The lowest BCUT2D eigenvalue weighted by molar-refractivity contribution is -0.126. The molecule has 11 heavy (non-hydrogen) atoms. The zero-order valence-corrected chi connectivity index (χ0v) is 7.42. The summed E-state index contributed by atoms with van der Waals surface area (Å²) in [7, 11) is 1.85. The van der Waals surface area contributed by atoms with Crippen molar-refractivity contribution in [2.75, 3.05) is 26.7 Å². The molecule has 0 amide bonds. The largest absolute Gasteiger partial charge is 0.381 e. The van der Waals surface area contributed by atoms with Crippen molar-refractivity contribution in [1.29, 1.82) is 0 Å². The first-order valence-electron chi connectivity index (χ1n) is 4.60. The van der Waals surface area contributed by atoms with Gasteiger partial charge in [-0.05, 0) is 24.8 Å². The Morgan fingerprint density at radius 1 is 1.36 bits per heavy atom. The molecule has 3 fully saturated rings. The second-order valence-electron chi connectivity index (χ2n) is 3.81. The van der Waals surface area contributed by atoms with Gasteiger partial charge >= 0.3 is 0 Å². The molecule has 0 aromatic carbocycles. The molecule has 1 aliphatic carbocycles. The maximum absolute atomic E-state index is 5.42. The standard InChI is InChI=1S/C9H17NO/c1-3-10-5-7-4-8(6-10)9(7)11-2/h7-9H,3-6H2,1-2H3. The lowest BCUT2D eigenvalue weighted by Crippen LogP contribution is -2.58. The van der Waals surface area contributed by atoms with E-state index >= 15 is 0 Å². The molecule has 2 atom stereocenters. The molecule has 3 rings (SSSR count). The van der Waals surface area contributed by atoms with Gasteiger partial charge in [0.25, 0.3) is 0 Å². The summed E-state index contributed by atoms with van der Waals surface area (Å²) in [6.45, 7) is 5.99. The fraction of sp³-hybridized carbons (Fsp3) is 1.00. The van der Waals surface area contributed by atoms with Gasteiger partial charge in [-0.15, -0.1) is 0 Å². The first kappa shape index (κ1) is 7.56. The summed E-state index contributed by atoms with van der Waals surface area (Å²) < 4.78 is 5.42. The number of rotatable bonds is 2. The maximum atomic E-state index is 5.42. The highest BCUT2D eigenvalue weighted by molar-refractivity contribution is 4.97. The summed E-state index contributed by atoms with van der Waals surface area (Å²) in [6, 6.07) is 0. The van der Waals surface area contributed by atoms with Crippen LogP contribution in [0.3, 0.4) is 0 Å². The van der Waals surface area contributed by atoms with E-state index in [1.54, 1.807) is 0 Å². The molecule has 3 aliphatic rings. The van der Waals surface area contributed by atoms with Crippen LogP contribution in [0.2, 0.25) is 0 Å². The minimum Gasteiger partial charge on any atom is -0.381 e. The summed E-state index contributed by atoms with van der Waals surface area (Å²) in [6.07, 6.45) is 2.01. The number of ether oxygens (including phenoxy) is 1. The Balaban J connectivity index is 1.91. The number of hydrogen-bond acceptors (Lipinski definition) is 2. The Morgan fingerprint density at radius 3 is 2.45 bits per heavy atom. The number of piperidine rings is 2. The summed E-state index contributed by atoms with van der Waals surface area (Å²) >= 11 is 0. The molecular weight excluding hydrogens is 138 g/mol. The average molecular weight is 155 g/mol. The van der Waals surface area contributed by atoms with E-state index in [4.69, 9.17) is 4.74 Å². The zero-order chi connectivity index (χ0) is 7.84. The quantitative estimate of drug-likeness (QED) is 0.589. The second kappa shape index (κ2) is 2.76. The number of nitrogens with zero attached hydrogens (tertiary/aromatic N) is 1. The van der Waals surface area contributed by atoms with Crippen LogP contribution in [-0.2, 0) is 4.74 Å². The van der Waals surface area contributed by atoms with Gasteiger partial charge in [0.15, 0.2) is 0 Å². The summed E-state index contributed by atoms with van der Waals surface area (Å²) in [5.74, 6) is 1.69. The molecule has 1 saturated carbocycles. The van der Waals surface area contributed by atoms with Crippen LogP contribution in [0.15, 0.2) is 0 Å². The maximum Gasteiger partial charge on any atom is 0.0652 e. The van der Waals surface area contributed by atoms with Crippen molar-refractivity contribution >= 4 is 0 Å². The summed E-state index contributed by atoms with van der Waals surface area (Å²) in [4.78, 5) is 2.54. The normalized spacial score (nSPS) is 43.6. The van der Waals surface area contributed by atoms with Gasteiger partial charge in [-0.1, -0.05) is 6.92 Å². The Bertz CT molecular complexity index is 136. The molecule has 0 spiro atoms. The third kappa shape index (κ3) is 1.09. The zero-order valence-electron chi connectivity index (χ0n) is 7.42. The van der Waals surface area contributed by atoms with Gasteiger partial charge in [-0.3, -0.25) is 0 Å². The summed E-state index contributed by atoms with van der Waals surface area (Å²) in [5.41, 5.74) is 0. The van der Waals surface area contributed by atoms with Gasteiger partial charge in [0.05, 0.1) is 6.10 Å². The number of methoxy groups -OCH3 is 1. The topological polar surface area (TPSA) is 12.5 Å².